The maximum absolute atomic E-state index is 13.0. The van der Waals surface area contributed by atoms with Crippen LogP contribution in [0, 0.1) is 0 Å². The fourth-order valence-electron chi connectivity index (χ4n) is 3.96. The first-order chi connectivity index (χ1) is 16.0. The van der Waals surface area contributed by atoms with Crippen molar-refractivity contribution in [3.05, 3.63) is 56.7 Å². The second kappa shape index (κ2) is 10.1. The molecule has 1 aliphatic heterocycles. The van der Waals surface area contributed by atoms with Gasteiger partial charge in [0.15, 0.2) is 10.9 Å². The Kier molecular flexibility index (Phi) is 6.97. The molecular weight excluding hydrogens is 442 g/mol. The number of rotatable bonds is 8. The number of aromatic nitrogens is 5. The third-order valence-electron chi connectivity index (χ3n) is 5.57. The number of Topliss-reactive ketones (excluding diaryl/α,β-unsaturated/α-hetero) is 1. The highest BCUT2D eigenvalue weighted by Gasteiger charge is 2.24. The van der Waals surface area contributed by atoms with Gasteiger partial charge in [-0.1, -0.05) is 36.9 Å². The molecule has 11 heteroatoms. The van der Waals surface area contributed by atoms with Gasteiger partial charge in [0, 0.05) is 19.6 Å². The van der Waals surface area contributed by atoms with Crippen LogP contribution in [0.5, 0.6) is 0 Å². The maximum atomic E-state index is 13.0. The summed E-state index contributed by atoms with van der Waals surface area (Å²) in [6.07, 6.45) is 4.02. The Bertz CT molecular complexity index is 1240. The van der Waals surface area contributed by atoms with E-state index in [1.54, 1.807) is 0 Å². The van der Waals surface area contributed by atoms with Crippen molar-refractivity contribution in [3.8, 4) is 5.69 Å². The molecule has 1 aliphatic rings. The van der Waals surface area contributed by atoms with Crippen LogP contribution >= 0.6 is 11.8 Å². The smallest absolute Gasteiger partial charge is 0.329 e. The average Bonchev–Trinajstić information content (AvgIpc) is 3.25. The zero-order valence-corrected chi connectivity index (χ0v) is 19.3. The van der Waals surface area contributed by atoms with Crippen molar-refractivity contribution in [2.75, 3.05) is 29.5 Å². The Morgan fingerprint density at radius 1 is 1.12 bits per heavy atom. The largest absolute Gasteiger partial charge is 0.384 e. The minimum absolute atomic E-state index is 0.0669. The summed E-state index contributed by atoms with van der Waals surface area (Å²) < 4.78 is 3.16. The molecule has 3 heterocycles. The van der Waals surface area contributed by atoms with Crippen LogP contribution in [-0.2, 0) is 6.54 Å². The van der Waals surface area contributed by atoms with E-state index in [2.05, 4.69) is 20.1 Å². The summed E-state index contributed by atoms with van der Waals surface area (Å²) in [7, 11) is 0. The molecular formula is C22H27N7O3S. The number of aromatic amines is 1. The number of benzene rings is 1. The number of hydrogen-bond donors (Lipinski definition) is 2. The zero-order valence-electron chi connectivity index (χ0n) is 18.5. The van der Waals surface area contributed by atoms with E-state index in [4.69, 9.17) is 5.73 Å². The van der Waals surface area contributed by atoms with Gasteiger partial charge in [0.25, 0.3) is 5.56 Å². The molecule has 0 amide bonds. The topological polar surface area (TPSA) is 132 Å². The Morgan fingerprint density at radius 3 is 2.55 bits per heavy atom. The Labute approximate surface area is 194 Å². The summed E-state index contributed by atoms with van der Waals surface area (Å²) in [5.74, 6) is 0.105. The first kappa shape index (κ1) is 22.8. The Balaban J connectivity index is 1.63. The van der Waals surface area contributed by atoms with Crippen LogP contribution in [0.1, 0.15) is 43.0 Å². The van der Waals surface area contributed by atoms with Gasteiger partial charge in [0.1, 0.15) is 11.4 Å². The fraction of sp³-hybridized carbons (Fsp3) is 0.409. The van der Waals surface area contributed by atoms with Crippen LogP contribution in [0.3, 0.4) is 0 Å². The lowest BCUT2D eigenvalue weighted by atomic mass is 10.1. The van der Waals surface area contributed by atoms with E-state index in [1.165, 1.54) is 22.7 Å². The lowest BCUT2D eigenvalue weighted by Crippen LogP contribution is -2.36. The molecule has 0 aliphatic carbocycles. The first-order valence-corrected chi connectivity index (χ1v) is 12.0. The van der Waals surface area contributed by atoms with Crippen molar-refractivity contribution in [3.63, 3.8) is 0 Å². The summed E-state index contributed by atoms with van der Waals surface area (Å²) in [4.78, 5) is 41.8. The fourth-order valence-corrected chi connectivity index (χ4v) is 4.78. The van der Waals surface area contributed by atoms with E-state index in [-0.39, 0.29) is 17.1 Å². The van der Waals surface area contributed by atoms with Gasteiger partial charge >= 0.3 is 5.69 Å². The van der Waals surface area contributed by atoms with Crippen molar-refractivity contribution in [2.24, 2.45) is 0 Å². The first-order valence-electron chi connectivity index (χ1n) is 11.1. The van der Waals surface area contributed by atoms with Gasteiger partial charge in [-0.2, -0.15) is 0 Å². The van der Waals surface area contributed by atoms with Gasteiger partial charge in [0.05, 0.1) is 11.4 Å². The number of carbonyl (C=O) groups excluding carboxylic acids is 1. The lowest BCUT2D eigenvalue weighted by molar-refractivity contribution is 0.102. The van der Waals surface area contributed by atoms with Gasteiger partial charge in [-0.25, -0.2) is 4.79 Å². The minimum atomic E-state index is -0.769. The molecule has 1 saturated heterocycles. The molecule has 0 spiro atoms. The van der Waals surface area contributed by atoms with Gasteiger partial charge in [-0.05, 0) is 37.8 Å². The van der Waals surface area contributed by atoms with Crippen molar-refractivity contribution in [2.45, 2.75) is 44.3 Å². The summed E-state index contributed by atoms with van der Waals surface area (Å²) in [5, 5.41) is 9.32. The van der Waals surface area contributed by atoms with E-state index in [1.807, 2.05) is 41.8 Å². The highest BCUT2D eigenvalue weighted by atomic mass is 32.2. The van der Waals surface area contributed by atoms with Gasteiger partial charge in [-0.15, -0.1) is 10.2 Å². The Hall–Kier alpha value is -3.34. The number of nitrogens with zero attached hydrogens (tertiary/aromatic N) is 5. The van der Waals surface area contributed by atoms with Gasteiger partial charge in [-0.3, -0.25) is 23.7 Å². The molecule has 0 saturated carbocycles. The number of thioether (sulfide) groups is 1. The van der Waals surface area contributed by atoms with Crippen molar-refractivity contribution in [1.82, 2.24) is 24.3 Å². The summed E-state index contributed by atoms with van der Waals surface area (Å²) in [6, 6.07) is 9.74. The SMILES string of the molecule is CCCn1c(N)c(C(=O)CSc2nnc(N3CCCCC3)n2-c2ccccc2)c(=O)[nH]c1=O. The summed E-state index contributed by atoms with van der Waals surface area (Å²) >= 11 is 1.19. The van der Waals surface area contributed by atoms with E-state index in [0.717, 1.165) is 37.6 Å². The van der Waals surface area contributed by atoms with Gasteiger partial charge < -0.3 is 10.6 Å². The van der Waals surface area contributed by atoms with Crippen LogP contribution < -0.4 is 21.9 Å². The highest BCUT2D eigenvalue weighted by molar-refractivity contribution is 7.99. The predicted octanol–water partition coefficient (Wildman–Crippen LogP) is 2.07. The number of nitrogen functional groups attached to an aromatic ring is 1. The summed E-state index contributed by atoms with van der Waals surface area (Å²) in [6.45, 7) is 4.00. The molecule has 0 bridgehead atoms. The molecule has 0 radical (unpaired) electrons. The van der Waals surface area contributed by atoms with Gasteiger partial charge in [0.2, 0.25) is 5.95 Å². The highest BCUT2D eigenvalue weighted by Crippen LogP contribution is 2.28. The number of ketones is 1. The second-order valence-corrected chi connectivity index (χ2v) is 8.83. The molecule has 1 aromatic carbocycles. The molecule has 0 unspecified atom stereocenters. The van der Waals surface area contributed by atoms with Crippen LogP contribution in [-0.4, -0.2) is 48.9 Å². The normalized spacial score (nSPS) is 13.9. The summed E-state index contributed by atoms with van der Waals surface area (Å²) in [5.41, 5.74) is 5.35. The number of carbonyl (C=O) groups is 1. The van der Waals surface area contributed by atoms with Crippen molar-refractivity contribution >= 4 is 29.3 Å². The number of piperidine rings is 1. The van der Waals surface area contributed by atoms with Crippen LogP contribution in [0.2, 0.25) is 0 Å². The molecule has 174 valence electrons. The quantitative estimate of drug-likeness (QED) is 0.379. The number of H-pyrrole nitrogens is 1. The Morgan fingerprint density at radius 2 is 1.85 bits per heavy atom. The molecule has 0 atom stereocenters. The van der Waals surface area contributed by atoms with Crippen molar-refractivity contribution in [1.29, 1.82) is 0 Å². The van der Waals surface area contributed by atoms with Crippen LogP contribution in [0.15, 0.2) is 45.1 Å². The van der Waals surface area contributed by atoms with Crippen LogP contribution in [0.25, 0.3) is 5.69 Å². The minimum Gasteiger partial charge on any atom is -0.384 e. The molecule has 10 nitrogen and oxygen atoms in total. The third-order valence-corrected chi connectivity index (χ3v) is 6.50. The molecule has 33 heavy (non-hydrogen) atoms. The number of hydrogen-bond acceptors (Lipinski definition) is 8. The number of para-hydroxylation sites is 1. The number of anilines is 2. The van der Waals surface area contributed by atoms with E-state index >= 15 is 0 Å². The van der Waals surface area contributed by atoms with E-state index < -0.39 is 17.0 Å². The molecule has 2 aromatic heterocycles. The van der Waals surface area contributed by atoms with E-state index in [0.29, 0.717) is 18.1 Å². The van der Waals surface area contributed by atoms with Crippen LogP contribution in [0.4, 0.5) is 11.8 Å². The third kappa shape index (κ3) is 4.72. The number of nitrogens with two attached hydrogens (primary N) is 1. The molecule has 4 rings (SSSR count). The number of nitrogens with one attached hydrogen (secondary N) is 1. The average molecular weight is 470 g/mol. The molecule has 1 fully saturated rings. The monoisotopic (exact) mass is 469 g/mol. The molecule has 3 aromatic rings. The van der Waals surface area contributed by atoms with Crippen molar-refractivity contribution < 1.29 is 4.79 Å². The van der Waals surface area contributed by atoms with E-state index in [9.17, 15) is 14.4 Å². The standard InChI is InChI=1S/C22H27N7O3S/c1-2-11-28-18(23)17(19(31)24-21(28)32)16(30)14-33-22-26-25-20(27-12-7-4-8-13-27)29(22)15-9-5-3-6-10-15/h3,5-6,9-10H,2,4,7-8,11-14,23H2,1H3,(H,24,31,32). The second-order valence-electron chi connectivity index (χ2n) is 7.88. The molecule has 3 N–H and O–H groups in total. The maximum Gasteiger partial charge on any atom is 0.329 e. The lowest BCUT2D eigenvalue weighted by Gasteiger charge is -2.27. The predicted molar refractivity (Wildman–Crippen MR) is 129 cm³/mol. The zero-order chi connectivity index (χ0) is 23.4.